The van der Waals surface area contributed by atoms with Gasteiger partial charge in [0.25, 0.3) is 0 Å². The minimum atomic E-state index is -3.74. The van der Waals surface area contributed by atoms with Crippen LogP contribution in [0.4, 0.5) is 0 Å². The lowest BCUT2D eigenvalue weighted by atomic mass is 10.1. The highest BCUT2D eigenvalue weighted by Gasteiger charge is 2.13. The zero-order valence-corrected chi connectivity index (χ0v) is 16.4. The van der Waals surface area contributed by atoms with Crippen LogP contribution in [0.1, 0.15) is 11.1 Å². The van der Waals surface area contributed by atoms with Gasteiger partial charge in [-0.3, -0.25) is 9.13 Å². The number of benzene rings is 2. The van der Waals surface area contributed by atoms with Crippen LogP contribution in [0.15, 0.2) is 52.4 Å². The Labute approximate surface area is 155 Å². The third-order valence-electron chi connectivity index (χ3n) is 3.95. The van der Waals surface area contributed by atoms with Crippen LogP contribution in [-0.2, 0) is 18.2 Å². The highest BCUT2D eigenvalue weighted by molar-refractivity contribution is 7.56. The van der Waals surface area contributed by atoms with E-state index in [9.17, 15) is 18.9 Å². The molecular formula is C18H18O7P2. The molecule has 3 rings (SSSR count). The minimum Gasteiger partial charge on any atom is -0.456 e. The van der Waals surface area contributed by atoms with Crippen LogP contribution in [-0.4, -0.2) is 24.0 Å². The molecule has 2 unspecified atom stereocenters. The molecule has 0 bridgehead atoms. The number of hydrogen-bond donors (Lipinski definition) is 2. The largest absolute Gasteiger partial charge is 0.456 e. The second kappa shape index (κ2) is 7.56. The van der Waals surface area contributed by atoms with Crippen LogP contribution >= 0.6 is 15.2 Å². The van der Waals surface area contributed by atoms with Gasteiger partial charge in [0.1, 0.15) is 11.2 Å². The van der Waals surface area contributed by atoms with E-state index in [2.05, 4.69) is 9.05 Å². The van der Waals surface area contributed by atoms with Crippen molar-refractivity contribution in [2.45, 2.75) is 0 Å². The molecule has 3 aromatic rings. The van der Waals surface area contributed by atoms with Gasteiger partial charge in [-0.2, -0.15) is 0 Å². The molecule has 0 saturated heterocycles. The summed E-state index contributed by atoms with van der Waals surface area (Å²) in [5.74, 6) is 2.24. The Morgan fingerprint density at radius 1 is 0.815 bits per heavy atom. The van der Waals surface area contributed by atoms with Crippen LogP contribution in [0.25, 0.3) is 34.1 Å². The van der Waals surface area contributed by atoms with Gasteiger partial charge in [-0.25, -0.2) is 0 Å². The molecule has 0 saturated carbocycles. The summed E-state index contributed by atoms with van der Waals surface area (Å²) in [4.78, 5) is 19.0. The van der Waals surface area contributed by atoms with Gasteiger partial charge in [-0.05, 0) is 47.5 Å². The van der Waals surface area contributed by atoms with Gasteiger partial charge in [-0.15, -0.1) is 0 Å². The van der Waals surface area contributed by atoms with Gasteiger partial charge in [0.2, 0.25) is 0 Å². The van der Waals surface area contributed by atoms with E-state index >= 15 is 0 Å². The maximum atomic E-state index is 11.6. The van der Waals surface area contributed by atoms with Crippen LogP contribution in [0.3, 0.4) is 0 Å². The molecule has 0 fully saturated rings. The Hall–Kier alpha value is -1.98. The molecule has 7 nitrogen and oxygen atoms in total. The molecule has 2 N–H and O–H groups in total. The van der Waals surface area contributed by atoms with E-state index in [0.29, 0.717) is 22.3 Å². The summed E-state index contributed by atoms with van der Waals surface area (Å²) in [5.41, 5.74) is 2.73. The normalized spacial score (nSPS) is 17.0. The Morgan fingerprint density at radius 2 is 1.22 bits per heavy atom. The quantitative estimate of drug-likeness (QED) is 0.541. The van der Waals surface area contributed by atoms with Crippen molar-refractivity contribution in [1.29, 1.82) is 0 Å². The molecule has 1 aromatic heterocycles. The fourth-order valence-electron chi connectivity index (χ4n) is 2.50. The van der Waals surface area contributed by atoms with Crippen molar-refractivity contribution in [3.05, 3.63) is 59.2 Å². The van der Waals surface area contributed by atoms with E-state index in [-0.39, 0.29) is 0 Å². The third kappa shape index (κ3) is 4.66. The molecule has 2 aromatic carbocycles. The zero-order chi connectivity index (χ0) is 19.7. The van der Waals surface area contributed by atoms with Gasteiger partial charge in [0, 0.05) is 36.6 Å². The summed E-state index contributed by atoms with van der Waals surface area (Å²) in [6, 6.07) is 10.7. The van der Waals surface area contributed by atoms with Crippen LogP contribution in [0, 0.1) is 0 Å². The molecule has 0 radical (unpaired) electrons. The van der Waals surface area contributed by atoms with Crippen LogP contribution in [0.2, 0.25) is 0 Å². The van der Waals surface area contributed by atoms with Crippen molar-refractivity contribution < 1.29 is 32.4 Å². The average Bonchev–Trinajstić information content (AvgIpc) is 3.02. The second-order valence-electron chi connectivity index (χ2n) is 5.74. The van der Waals surface area contributed by atoms with E-state index in [0.717, 1.165) is 22.4 Å². The molecule has 142 valence electrons. The van der Waals surface area contributed by atoms with Crippen LogP contribution in [0.5, 0.6) is 0 Å². The molecule has 0 aliphatic rings. The highest BCUT2D eigenvalue weighted by Crippen LogP contribution is 2.44. The zero-order valence-electron chi connectivity index (χ0n) is 14.6. The SMILES string of the molecule is COP(=O)(O)/C=C/c1ccc2oc3ccc(/C=C/P(=O)(O)OC)cc3c2c1. The molecule has 0 aliphatic heterocycles. The summed E-state index contributed by atoms with van der Waals surface area (Å²) in [5, 5.41) is 1.62. The smallest absolute Gasteiger partial charge is 0.351 e. The molecule has 2 atom stereocenters. The van der Waals surface area contributed by atoms with Gasteiger partial charge in [0.15, 0.2) is 0 Å². The first-order chi connectivity index (χ1) is 12.7. The minimum absolute atomic E-state index is 0.659. The first-order valence-electron chi connectivity index (χ1n) is 7.84. The predicted octanol–water partition coefficient (Wildman–Crippen LogP) is 5.19. The maximum Gasteiger partial charge on any atom is 0.351 e. The number of furan rings is 1. The molecular weight excluding hydrogens is 390 g/mol. The van der Waals surface area contributed by atoms with Crippen molar-refractivity contribution in [2.24, 2.45) is 0 Å². The first-order valence-corrected chi connectivity index (χ1v) is 11.1. The van der Waals surface area contributed by atoms with E-state index in [1.807, 2.05) is 12.1 Å². The van der Waals surface area contributed by atoms with Gasteiger partial charge < -0.3 is 23.3 Å². The van der Waals surface area contributed by atoms with Gasteiger partial charge in [-0.1, -0.05) is 12.1 Å². The summed E-state index contributed by atoms with van der Waals surface area (Å²) in [6.45, 7) is 0. The molecule has 27 heavy (non-hydrogen) atoms. The van der Waals surface area contributed by atoms with Crippen molar-refractivity contribution in [3.63, 3.8) is 0 Å². The van der Waals surface area contributed by atoms with Crippen molar-refractivity contribution in [3.8, 4) is 0 Å². The Balaban J connectivity index is 2.04. The van der Waals surface area contributed by atoms with Crippen molar-refractivity contribution in [1.82, 2.24) is 0 Å². The van der Waals surface area contributed by atoms with E-state index in [1.165, 1.54) is 26.4 Å². The van der Waals surface area contributed by atoms with Gasteiger partial charge in [0.05, 0.1) is 0 Å². The standard InChI is InChI=1S/C18H18O7P2/c1-23-26(19,20)9-7-13-3-5-17-15(11-13)16-12-14(4-6-18(16)25-17)8-10-27(21,22)24-2/h3-12H,1-2H3,(H,19,20)(H,21,22)/b9-7+,10-8+. The number of fused-ring (bicyclic) bond motifs is 3. The van der Waals surface area contributed by atoms with E-state index < -0.39 is 15.2 Å². The highest BCUT2D eigenvalue weighted by atomic mass is 31.2. The molecule has 0 spiro atoms. The monoisotopic (exact) mass is 408 g/mol. The fraction of sp³-hybridized carbons (Fsp3) is 0.111. The second-order valence-corrected chi connectivity index (χ2v) is 9.32. The van der Waals surface area contributed by atoms with Crippen LogP contribution < -0.4 is 0 Å². The Bertz CT molecular complexity index is 1060. The predicted molar refractivity (Wildman–Crippen MR) is 105 cm³/mol. The lowest BCUT2D eigenvalue weighted by Crippen LogP contribution is -1.79. The number of rotatable bonds is 6. The number of hydrogen-bond acceptors (Lipinski definition) is 5. The topological polar surface area (TPSA) is 106 Å². The maximum absolute atomic E-state index is 11.6. The van der Waals surface area contributed by atoms with E-state index in [1.54, 1.807) is 24.3 Å². The van der Waals surface area contributed by atoms with Gasteiger partial charge >= 0.3 is 15.2 Å². The average molecular weight is 408 g/mol. The fourth-order valence-corrected chi connectivity index (χ4v) is 3.47. The molecule has 1 heterocycles. The Morgan fingerprint density at radius 3 is 1.59 bits per heavy atom. The lowest BCUT2D eigenvalue weighted by Gasteiger charge is -2.02. The summed E-state index contributed by atoms with van der Waals surface area (Å²) in [7, 11) is -5.15. The molecule has 0 aliphatic carbocycles. The molecule has 9 heteroatoms. The summed E-state index contributed by atoms with van der Waals surface area (Å²) >= 11 is 0. The third-order valence-corrected chi connectivity index (χ3v) is 6.05. The first kappa shape index (κ1) is 19.8. The van der Waals surface area contributed by atoms with Crippen molar-refractivity contribution >= 4 is 49.3 Å². The lowest BCUT2D eigenvalue weighted by molar-refractivity contribution is 0.325. The summed E-state index contributed by atoms with van der Waals surface area (Å²) in [6.07, 6.45) is 3.01. The van der Waals surface area contributed by atoms with E-state index in [4.69, 9.17) is 4.42 Å². The van der Waals surface area contributed by atoms with Crippen molar-refractivity contribution in [2.75, 3.05) is 14.2 Å². The molecule has 0 amide bonds. The summed E-state index contributed by atoms with van der Waals surface area (Å²) < 4.78 is 38.0. The Kier molecular flexibility index (Phi) is 5.54.